The van der Waals surface area contributed by atoms with Crippen LogP contribution in [0.3, 0.4) is 0 Å². The molecular formula is C24H28ClN3O2. The summed E-state index contributed by atoms with van der Waals surface area (Å²) in [5.41, 5.74) is 3.98. The van der Waals surface area contributed by atoms with E-state index in [0.717, 1.165) is 22.4 Å². The maximum Gasteiger partial charge on any atom is 0.243 e. The fraction of sp³-hybridized carbons (Fsp3) is 0.417. The molecule has 0 aliphatic carbocycles. The molecule has 1 saturated heterocycles. The van der Waals surface area contributed by atoms with Crippen LogP contribution < -0.4 is 5.32 Å². The second-order valence-electron chi connectivity index (χ2n) is 9.43. The predicted octanol–water partition coefficient (Wildman–Crippen LogP) is 4.41. The van der Waals surface area contributed by atoms with Gasteiger partial charge in [0.25, 0.3) is 0 Å². The number of anilines is 1. The number of rotatable bonds is 2. The number of piperazine rings is 1. The molecule has 0 bridgehead atoms. The zero-order valence-electron chi connectivity index (χ0n) is 17.7. The van der Waals surface area contributed by atoms with Crippen LogP contribution in [0.15, 0.2) is 42.5 Å². The SMILES string of the molecule is CC(C)(C)CC(=O)N1CCN2Cc3cc(-c4cccc(Cl)c4)ccc3NC(=O)C2C1. The molecule has 0 saturated carbocycles. The van der Waals surface area contributed by atoms with Crippen LogP contribution >= 0.6 is 11.6 Å². The summed E-state index contributed by atoms with van der Waals surface area (Å²) in [5, 5.41) is 3.78. The first-order chi connectivity index (χ1) is 14.2. The molecule has 1 fully saturated rings. The molecule has 6 heteroatoms. The van der Waals surface area contributed by atoms with Crippen LogP contribution in [0.5, 0.6) is 0 Å². The Morgan fingerprint density at radius 3 is 2.63 bits per heavy atom. The number of amides is 2. The zero-order valence-corrected chi connectivity index (χ0v) is 18.5. The zero-order chi connectivity index (χ0) is 21.5. The highest BCUT2D eigenvalue weighted by atomic mass is 35.5. The van der Waals surface area contributed by atoms with Gasteiger partial charge in [0, 0.05) is 43.3 Å². The maximum absolute atomic E-state index is 13.0. The highest BCUT2D eigenvalue weighted by molar-refractivity contribution is 6.30. The molecule has 1 N–H and O–H groups in total. The number of hydrogen-bond donors (Lipinski definition) is 1. The van der Waals surface area contributed by atoms with Crippen molar-refractivity contribution in [3.8, 4) is 11.1 Å². The van der Waals surface area contributed by atoms with Gasteiger partial charge < -0.3 is 10.2 Å². The predicted molar refractivity (Wildman–Crippen MR) is 120 cm³/mol. The normalized spacial score (nSPS) is 19.5. The number of nitrogens with one attached hydrogen (secondary N) is 1. The molecule has 1 atom stereocenters. The molecule has 2 aromatic carbocycles. The first kappa shape index (κ1) is 20.9. The molecule has 0 spiro atoms. The highest BCUT2D eigenvalue weighted by Crippen LogP contribution is 2.31. The van der Waals surface area contributed by atoms with E-state index in [-0.39, 0.29) is 23.3 Å². The number of carbonyl (C=O) groups excluding carboxylic acids is 2. The van der Waals surface area contributed by atoms with Crippen molar-refractivity contribution in [3.63, 3.8) is 0 Å². The minimum absolute atomic E-state index is 0.0440. The fourth-order valence-corrected chi connectivity index (χ4v) is 4.37. The van der Waals surface area contributed by atoms with Gasteiger partial charge in [-0.05, 0) is 46.4 Å². The van der Waals surface area contributed by atoms with E-state index < -0.39 is 0 Å². The summed E-state index contributed by atoms with van der Waals surface area (Å²) in [7, 11) is 0. The monoisotopic (exact) mass is 425 g/mol. The Labute approximate surface area is 183 Å². The lowest BCUT2D eigenvalue weighted by Gasteiger charge is -2.40. The molecule has 5 nitrogen and oxygen atoms in total. The lowest BCUT2D eigenvalue weighted by atomic mass is 9.91. The van der Waals surface area contributed by atoms with E-state index >= 15 is 0 Å². The Morgan fingerprint density at radius 1 is 1.13 bits per heavy atom. The van der Waals surface area contributed by atoms with Crippen LogP contribution in [-0.4, -0.2) is 47.3 Å². The molecule has 2 aromatic rings. The topological polar surface area (TPSA) is 52.7 Å². The van der Waals surface area contributed by atoms with E-state index in [4.69, 9.17) is 11.6 Å². The third-order valence-electron chi connectivity index (χ3n) is 5.72. The molecule has 4 rings (SSSR count). The van der Waals surface area contributed by atoms with Crippen LogP contribution in [-0.2, 0) is 16.1 Å². The number of fused-ring (bicyclic) bond motifs is 2. The number of benzene rings is 2. The summed E-state index contributed by atoms with van der Waals surface area (Å²) in [6.07, 6.45) is 0.491. The van der Waals surface area contributed by atoms with E-state index in [1.165, 1.54) is 0 Å². The van der Waals surface area contributed by atoms with Crippen molar-refractivity contribution in [1.82, 2.24) is 9.80 Å². The van der Waals surface area contributed by atoms with Crippen LogP contribution in [0.1, 0.15) is 32.8 Å². The molecule has 2 aliphatic rings. The summed E-state index contributed by atoms with van der Waals surface area (Å²) >= 11 is 6.16. The molecule has 2 heterocycles. The number of hydrogen-bond acceptors (Lipinski definition) is 3. The number of halogens is 1. The van der Waals surface area contributed by atoms with Crippen molar-refractivity contribution in [3.05, 3.63) is 53.1 Å². The smallest absolute Gasteiger partial charge is 0.243 e. The van der Waals surface area contributed by atoms with Gasteiger partial charge in [0.2, 0.25) is 11.8 Å². The van der Waals surface area contributed by atoms with Crippen LogP contribution in [0.2, 0.25) is 5.02 Å². The minimum Gasteiger partial charge on any atom is -0.339 e. The quantitative estimate of drug-likeness (QED) is 0.775. The van der Waals surface area contributed by atoms with Crippen molar-refractivity contribution in [1.29, 1.82) is 0 Å². The third-order valence-corrected chi connectivity index (χ3v) is 5.96. The van der Waals surface area contributed by atoms with Crippen LogP contribution in [0, 0.1) is 5.41 Å². The van der Waals surface area contributed by atoms with Crippen LogP contribution in [0.25, 0.3) is 11.1 Å². The van der Waals surface area contributed by atoms with Crippen molar-refractivity contribution in [2.75, 3.05) is 25.0 Å². The minimum atomic E-state index is -0.329. The molecule has 0 aromatic heterocycles. The summed E-state index contributed by atoms with van der Waals surface area (Å²) in [6, 6.07) is 13.5. The molecule has 2 aliphatic heterocycles. The van der Waals surface area contributed by atoms with Gasteiger partial charge in [0.05, 0.1) is 0 Å². The summed E-state index contributed by atoms with van der Waals surface area (Å²) in [4.78, 5) is 29.7. The van der Waals surface area contributed by atoms with E-state index in [1.807, 2.05) is 41.3 Å². The lowest BCUT2D eigenvalue weighted by molar-refractivity contribution is -0.138. The summed E-state index contributed by atoms with van der Waals surface area (Å²) in [5.74, 6) is 0.0810. The highest BCUT2D eigenvalue weighted by Gasteiger charge is 2.37. The van der Waals surface area contributed by atoms with E-state index in [0.29, 0.717) is 37.6 Å². The van der Waals surface area contributed by atoms with Crippen molar-refractivity contribution in [2.45, 2.75) is 39.8 Å². The summed E-state index contributed by atoms with van der Waals surface area (Å²) in [6.45, 7) is 8.65. The van der Waals surface area contributed by atoms with E-state index in [9.17, 15) is 9.59 Å². The van der Waals surface area contributed by atoms with Crippen molar-refractivity contribution >= 4 is 29.1 Å². The maximum atomic E-state index is 13.0. The standard InChI is InChI=1S/C24H28ClN3O2/c1-24(2,3)13-22(29)28-10-9-27-14-18-11-17(16-5-4-6-19(25)12-16)7-8-20(18)26-23(30)21(27)15-28/h4-8,11-12,21H,9-10,13-15H2,1-3H3,(H,26,30). The molecular weight excluding hydrogens is 398 g/mol. The largest absolute Gasteiger partial charge is 0.339 e. The summed E-state index contributed by atoms with van der Waals surface area (Å²) < 4.78 is 0. The van der Waals surface area contributed by atoms with Gasteiger partial charge in [-0.25, -0.2) is 0 Å². The Balaban J connectivity index is 1.55. The Morgan fingerprint density at radius 2 is 1.90 bits per heavy atom. The van der Waals surface area contributed by atoms with Crippen molar-refractivity contribution in [2.24, 2.45) is 5.41 Å². The van der Waals surface area contributed by atoms with Crippen molar-refractivity contribution < 1.29 is 9.59 Å². The molecule has 1 unspecified atom stereocenters. The molecule has 2 amide bonds. The average Bonchev–Trinajstić information content (AvgIpc) is 2.81. The Kier molecular flexibility index (Phi) is 5.60. The van der Waals surface area contributed by atoms with Gasteiger partial charge in [0.1, 0.15) is 6.04 Å². The van der Waals surface area contributed by atoms with Gasteiger partial charge in [-0.2, -0.15) is 0 Å². The van der Waals surface area contributed by atoms with Gasteiger partial charge in [-0.15, -0.1) is 0 Å². The molecule has 30 heavy (non-hydrogen) atoms. The first-order valence-corrected chi connectivity index (χ1v) is 10.8. The fourth-order valence-electron chi connectivity index (χ4n) is 4.18. The van der Waals surface area contributed by atoms with E-state index in [1.54, 1.807) is 0 Å². The molecule has 0 radical (unpaired) electrons. The second kappa shape index (κ2) is 8.05. The van der Waals surface area contributed by atoms with Crippen LogP contribution in [0.4, 0.5) is 5.69 Å². The average molecular weight is 426 g/mol. The number of nitrogens with zero attached hydrogens (tertiary/aromatic N) is 2. The van der Waals surface area contributed by atoms with Gasteiger partial charge >= 0.3 is 0 Å². The molecule has 158 valence electrons. The van der Waals surface area contributed by atoms with Gasteiger partial charge in [-0.1, -0.05) is 50.6 Å². The second-order valence-corrected chi connectivity index (χ2v) is 9.87. The van der Waals surface area contributed by atoms with Gasteiger partial charge in [-0.3, -0.25) is 14.5 Å². The van der Waals surface area contributed by atoms with Gasteiger partial charge in [0.15, 0.2) is 0 Å². The Hall–Kier alpha value is -2.37. The first-order valence-electron chi connectivity index (χ1n) is 10.4. The third kappa shape index (κ3) is 4.52. The Bertz CT molecular complexity index is 983. The number of carbonyl (C=O) groups is 2. The lowest BCUT2D eigenvalue weighted by Crippen LogP contribution is -2.57. The van der Waals surface area contributed by atoms with E-state index in [2.05, 4.69) is 37.1 Å².